The molecule has 2 rings (SSSR count). The van der Waals surface area contributed by atoms with Gasteiger partial charge in [0.2, 0.25) is 0 Å². The van der Waals surface area contributed by atoms with E-state index in [0.717, 1.165) is 25.9 Å². The van der Waals surface area contributed by atoms with Gasteiger partial charge in [0, 0.05) is 0 Å². The van der Waals surface area contributed by atoms with Crippen LogP contribution in [0.15, 0.2) is 0 Å². The molecule has 0 bridgehead atoms. The maximum absolute atomic E-state index is 12.2. The van der Waals surface area contributed by atoms with E-state index in [2.05, 4.69) is 27.8 Å². The van der Waals surface area contributed by atoms with Crippen LogP contribution in [-0.2, 0) is 4.79 Å². The molecule has 0 aromatic carbocycles. The molecule has 1 aliphatic carbocycles. The van der Waals surface area contributed by atoms with Crippen LogP contribution in [0.25, 0.3) is 0 Å². The Morgan fingerprint density at radius 2 is 2.20 bits per heavy atom. The molecular weight excluding hydrogens is 254 g/mol. The number of likely N-dealkylation sites (tertiary alicyclic amines) is 1. The van der Waals surface area contributed by atoms with E-state index in [1.165, 1.54) is 19.3 Å². The molecule has 0 aromatic rings. The lowest BCUT2D eigenvalue weighted by atomic mass is 9.77. The lowest BCUT2D eigenvalue weighted by molar-refractivity contribution is -0.129. The second-order valence-corrected chi connectivity index (χ2v) is 5.94. The van der Waals surface area contributed by atoms with Crippen molar-refractivity contribution in [2.24, 2.45) is 5.92 Å². The molecule has 3 unspecified atom stereocenters. The zero-order chi connectivity index (χ0) is 10.8. The largest absolute Gasteiger partial charge is 0.297 e. The highest BCUT2D eigenvalue weighted by molar-refractivity contribution is 9.10. The zero-order valence-corrected chi connectivity index (χ0v) is 11.0. The first-order valence-corrected chi connectivity index (χ1v) is 7.07. The lowest BCUT2D eigenvalue weighted by Crippen LogP contribution is -2.54. The second-order valence-electron chi connectivity index (χ2n) is 4.83. The molecule has 1 saturated carbocycles. The third-order valence-corrected chi connectivity index (χ3v) is 4.67. The van der Waals surface area contributed by atoms with Crippen molar-refractivity contribution in [2.75, 3.05) is 13.1 Å². The standard InChI is InChI=1S/C12H20BrNO/c1-2-7-14-8-3-4-9-5-6-10(13)12(15)11(9)14/h9-11H,2-8H2,1H3. The highest BCUT2D eigenvalue weighted by atomic mass is 79.9. The van der Waals surface area contributed by atoms with Crippen molar-refractivity contribution in [1.29, 1.82) is 0 Å². The van der Waals surface area contributed by atoms with Gasteiger partial charge in [0.1, 0.15) is 0 Å². The Kier molecular flexibility index (Phi) is 3.83. The van der Waals surface area contributed by atoms with E-state index in [0.29, 0.717) is 11.7 Å². The van der Waals surface area contributed by atoms with Crippen LogP contribution in [0.2, 0.25) is 0 Å². The van der Waals surface area contributed by atoms with E-state index in [9.17, 15) is 4.79 Å². The molecule has 1 heterocycles. The number of alkyl halides is 1. The van der Waals surface area contributed by atoms with E-state index >= 15 is 0 Å². The number of halogens is 1. The predicted octanol–water partition coefficient (Wildman–Crippen LogP) is 2.60. The van der Waals surface area contributed by atoms with Gasteiger partial charge in [0.25, 0.3) is 0 Å². The highest BCUT2D eigenvalue weighted by Gasteiger charge is 2.41. The molecule has 1 aliphatic heterocycles. The highest BCUT2D eigenvalue weighted by Crippen LogP contribution is 2.35. The molecule has 2 aliphatic rings. The van der Waals surface area contributed by atoms with Gasteiger partial charge in [0.15, 0.2) is 5.78 Å². The van der Waals surface area contributed by atoms with Crippen molar-refractivity contribution in [3.8, 4) is 0 Å². The average Bonchev–Trinajstić information content (AvgIpc) is 2.24. The summed E-state index contributed by atoms with van der Waals surface area (Å²) in [5.74, 6) is 1.09. The predicted molar refractivity (Wildman–Crippen MR) is 65.3 cm³/mol. The molecule has 0 N–H and O–H groups in total. The summed E-state index contributed by atoms with van der Waals surface area (Å²) in [5, 5.41) is 0. The van der Waals surface area contributed by atoms with E-state index in [1.807, 2.05) is 0 Å². The SMILES string of the molecule is CCCN1CCCC2CCC(Br)C(=O)C21. The van der Waals surface area contributed by atoms with Crippen LogP contribution in [0.5, 0.6) is 0 Å². The summed E-state index contributed by atoms with van der Waals surface area (Å²) >= 11 is 3.52. The number of carbonyl (C=O) groups excluding carboxylic acids is 1. The van der Waals surface area contributed by atoms with Gasteiger partial charge >= 0.3 is 0 Å². The molecule has 3 heteroatoms. The fourth-order valence-corrected chi connectivity index (χ4v) is 3.63. The Hall–Kier alpha value is 0.110. The van der Waals surface area contributed by atoms with Crippen LogP contribution in [0.1, 0.15) is 39.0 Å². The topological polar surface area (TPSA) is 20.3 Å². The van der Waals surface area contributed by atoms with Crippen LogP contribution in [-0.4, -0.2) is 34.6 Å². The first-order valence-electron chi connectivity index (χ1n) is 6.16. The summed E-state index contributed by atoms with van der Waals surface area (Å²) in [4.78, 5) is 14.7. The summed E-state index contributed by atoms with van der Waals surface area (Å²) in [6.45, 7) is 4.41. The average molecular weight is 274 g/mol. The number of Topliss-reactive ketones (excluding diaryl/α,β-unsaturated/α-hetero) is 1. The van der Waals surface area contributed by atoms with Crippen LogP contribution < -0.4 is 0 Å². The molecule has 0 aromatic heterocycles. The minimum atomic E-state index is 0.121. The molecule has 86 valence electrons. The van der Waals surface area contributed by atoms with Gasteiger partial charge in [-0.2, -0.15) is 0 Å². The molecule has 0 spiro atoms. The zero-order valence-electron chi connectivity index (χ0n) is 9.42. The Morgan fingerprint density at radius 1 is 1.40 bits per heavy atom. The minimum absolute atomic E-state index is 0.121. The first kappa shape index (κ1) is 11.6. The number of rotatable bonds is 2. The number of fused-ring (bicyclic) bond motifs is 1. The molecular formula is C12H20BrNO. The first-order chi connectivity index (χ1) is 7.24. The molecule has 3 atom stereocenters. The summed E-state index contributed by atoms with van der Waals surface area (Å²) in [5.41, 5.74) is 0. The van der Waals surface area contributed by atoms with Crippen LogP contribution in [0, 0.1) is 5.92 Å². The van der Waals surface area contributed by atoms with Gasteiger partial charge < -0.3 is 0 Å². The van der Waals surface area contributed by atoms with Crippen LogP contribution in [0.3, 0.4) is 0 Å². The third-order valence-electron chi connectivity index (χ3n) is 3.76. The van der Waals surface area contributed by atoms with E-state index in [-0.39, 0.29) is 10.9 Å². The minimum Gasteiger partial charge on any atom is -0.297 e. The van der Waals surface area contributed by atoms with Crippen molar-refractivity contribution in [2.45, 2.75) is 49.9 Å². The summed E-state index contributed by atoms with van der Waals surface area (Å²) in [6.07, 6.45) is 5.97. The Balaban J connectivity index is 2.10. The van der Waals surface area contributed by atoms with Crippen molar-refractivity contribution in [3.05, 3.63) is 0 Å². The van der Waals surface area contributed by atoms with E-state index in [4.69, 9.17) is 0 Å². The number of hydrogen-bond acceptors (Lipinski definition) is 2. The van der Waals surface area contributed by atoms with Gasteiger partial charge in [-0.05, 0) is 51.1 Å². The van der Waals surface area contributed by atoms with Crippen LogP contribution >= 0.6 is 15.9 Å². The van der Waals surface area contributed by atoms with E-state index < -0.39 is 0 Å². The van der Waals surface area contributed by atoms with Gasteiger partial charge in [0.05, 0.1) is 10.9 Å². The number of nitrogens with zero attached hydrogens (tertiary/aromatic N) is 1. The lowest BCUT2D eigenvalue weighted by Gasteiger charge is -2.44. The molecule has 2 fully saturated rings. The van der Waals surface area contributed by atoms with Gasteiger partial charge in [-0.15, -0.1) is 0 Å². The molecule has 2 nitrogen and oxygen atoms in total. The van der Waals surface area contributed by atoms with Gasteiger partial charge in [-0.1, -0.05) is 22.9 Å². The fraction of sp³-hybridized carbons (Fsp3) is 0.917. The number of ketones is 1. The molecule has 1 saturated heterocycles. The van der Waals surface area contributed by atoms with Crippen molar-refractivity contribution in [3.63, 3.8) is 0 Å². The van der Waals surface area contributed by atoms with Crippen LogP contribution in [0.4, 0.5) is 0 Å². The Labute approximate surface area is 101 Å². The quantitative estimate of drug-likeness (QED) is 0.721. The summed E-state index contributed by atoms with van der Waals surface area (Å²) < 4.78 is 0. The monoisotopic (exact) mass is 273 g/mol. The van der Waals surface area contributed by atoms with Crippen molar-refractivity contribution in [1.82, 2.24) is 4.90 Å². The second kappa shape index (κ2) is 4.96. The molecule has 15 heavy (non-hydrogen) atoms. The van der Waals surface area contributed by atoms with Crippen molar-refractivity contribution >= 4 is 21.7 Å². The van der Waals surface area contributed by atoms with Crippen molar-refractivity contribution < 1.29 is 4.79 Å². The number of carbonyl (C=O) groups is 1. The fourth-order valence-electron chi connectivity index (χ4n) is 3.09. The number of piperidine rings is 1. The smallest absolute Gasteiger partial charge is 0.163 e. The van der Waals surface area contributed by atoms with Gasteiger partial charge in [-0.25, -0.2) is 0 Å². The summed E-state index contributed by atoms with van der Waals surface area (Å²) in [7, 11) is 0. The number of hydrogen-bond donors (Lipinski definition) is 0. The third kappa shape index (κ3) is 2.28. The van der Waals surface area contributed by atoms with E-state index in [1.54, 1.807) is 0 Å². The normalized spacial score (nSPS) is 37.7. The van der Waals surface area contributed by atoms with Gasteiger partial charge in [-0.3, -0.25) is 9.69 Å². The summed E-state index contributed by atoms with van der Waals surface area (Å²) in [6, 6.07) is 0.233. The Morgan fingerprint density at radius 3 is 2.93 bits per heavy atom. The molecule has 0 amide bonds. The molecule has 0 radical (unpaired) electrons. The Bertz CT molecular complexity index is 242. The maximum Gasteiger partial charge on any atom is 0.163 e. The maximum atomic E-state index is 12.2.